The number of pyridine rings is 1. The monoisotopic (exact) mass is 253 g/mol. The zero-order valence-electron chi connectivity index (χ0n) is 10.6. The average molecular weight is 253 g/mol. The Morgan fingerprint density at radius 3 is 2.78 bits per heavy atom. The van der Waals surface area contributed by atoms with Crippen molar-refractivity contribution in [3.8, 4) is 0 Å². The molecule has 18 heavy (non-hydrogen) atoms. The molecule has 0 unspecified atom stereocenters. The van der Waals surface area contributed by atoms with Crippen LogP contribution < -0.4 is 11.1 Å². The number of carbonyl (C=O) groups excluding carboxylic acids is 1. The minimum Gasteiger partial charge on any atom is -0.394 e. The largest absolute Gasteiger partial charge is 0.394 e. The molecule has 5 N–H and O–H groups in total. The van der Waals surface area contributed by atoms with Crippen LogP contribution in [0.5, 0.6) is 0 Å². The van der Waals surface area contributed by atoms with Gasteiger partial charge in [0, 0.05) is 12.2 Å². The summed E-state index contributed by atoms with van der Waals surface area (Å²) in [6.45, 7) is 3.81. The van der Waals surface area contributed by atoms with Crippen LogP contribution in [0.2, 0.25) is 0 Å². The van der Waals surface area contributed by atoms with E-state index in [-0.39, 0.29) is 6.61 Å². The standard InChI is InChI=1S/C12H19N3O3/c1-7-5-10(11(13)18)12(15-8(7)2)14-4-3-9(17)6-16/h5,9,16-17H,3-4,6H2,1-2H3,(H2,13,18)(H,14,15)/t9-/m0/s1. The van der Waals surface area contributed by atoms with Gasteiger partial charge in [0.25, 0.3) is 5.91 Å². The molecular formula is C12H19N3O3. The van der Waals surface area contributed by atoms with Crippen molar-refractivity contribution >= 4 is 11.7 Å². The third-order valence-electron chi connectivity index (χ3n) is 2.71. The first-order chi connectivity index (χ1) is 8.45. The summed E-state index contributed by atoms with van der Waals surface area (Å²) in [4.78, 5) is 15.6. The highest BCUT2D eigenvalue weighted by atomic mass is 16.3. The molecule has 0 aliphatic rings. The molecule has 0 fully saturated rings. The van der Waals surface area contributed by atoms with E-state index in [4.69, 9.17) is 10.8 Å². The third-order valence-corrected chi connectivity index (χ3v) is 2.71. The molecule has 6 nitrogen and oxygen atoms in total. The van der Waals surface area contributed by atoms with Crippen LogP contribution in [-0.2, 0) is 0 Å². The topological polar surface area (TPSA) is 108 Å². The summed E-state index contributed by atoms with van der Waals surface area (Å²) < 4.78 is 0. The second-order valence-electron chi connectivity index (χ2n) is 4.20. The summed E-state index contributed by atoms with van der Waals surface area (Å²) in [5, 5.41) is 20.8. The molecular weight excluding hydrogens is 234 g/mol. The van der Waals surface area contributed by atoms with Crippen molar-refractivity contribution in [1.29, 1.82) is 0 Å². The van der Waals surface area contributed by atoms with Gasteiger partial charge in [0.05, 0.1) is 18.3 Å². The number of hydrogen-bond donors (Lipinski definition) is 4. The lowest BCUT2D eigenvalue weighted by Gasteiger charge is -2.13. The van der Waals surface area contributed by atoms with Gasteiger partial charge in [-0.15, -0.1) is 0 Å². The van der Waals surface area contributed by atoms with Crippen LogP contribution in [0.4, 0.5) is 5.82 Å². The van der Waals surface area contributed by atoms with Gasteiger partial charge in [-0.1, -0.05) is 0 Å². The Labute approximate surface area is 106 Å². The van der Waals surface area contributed by atoms with Crippen LogP contribution in [0, 0.1) is 13.8 Å². The number of hydrogen-bond acceptors (Lipinski definition) is 5. The first-order valence-electron chi connectivity index (χ1n) is 5.76. The molecule has 0 saturated carbocycles. The van der Waals surface area contributed by atoms with Crippen LogP contribution in [0.25, 0.3) is 0 Å². The highest BCUT2D eigenvalue weighted by Crippen LogP contribution is 2.16. The lowest BCUT2D eigenvalue weighted by Crippen LogP contribution is -2.20. The molecule has 1 aromatic rings. The Kier molecular flexibility index (Phi) is 5.06. The molecule has 1 atom stereocenters. The number of nitrogens with one attached hydrogen (secondary N) is 1. The molecule has 0 spiro atoms. The van der Waals surface area contributed by atoms with Gasteiger partial charge < -0.3 is 21.3 Å². The zero-order chi connectivity index (χ0) is 13.7. The number of aliphatic hydroxyl groups is 2. The third kappa shape index (κ3) is 3.68. The second kappa shape index (κ2) is 6.32. The smallest absolute Gasteiger partial charge is 0.252 e. The van der Waals surface area contributed by atoms with Crippen molar-refractivity contribution in [3.63, 3.8) is 0 Å². The molecule has 1 heterocycles. The van der Waals surface area contributed by atoms with E-state index in [9.17, 15) is 9.90 Å². The van der Waals surface area contributed by atoms with Crippen LogP contribution in [0.3, 0.4) is 0 Å². The Morgan fingerprint density at radius 2 is 2.22 bits per heavy atom. The van der Waals surface area contributed by atoms with Gasteiger partial charge >= 0.3 is 0 Å². The number of nitrogens with two attached hydrogens (primary N) is 1. The maximum absolute atomic E-state index is 11.3. The van der Waals surface area contributed by atoms with Gasteiger partial charge in [0.2, 0.25) is 0 Å². The van der Waals surface area contributed by atoms with Crippen LogP contribution in [0.1, 0.15) is 28.0 Å². The molecule has 6 heteroatoms. The minimum absolute atomic E-state index is 0.287. The second-order valence-corrected chi connectivity index (χ2v) is 4.20. The molecule has 0 aliphatic carbocycles. The van der Waals surface area contributed by atoms with Gasteiger partial charge in [-0.05, 0) is 31.9 Å². The summed E-state index contributed by atoms with van der Waals surface area (Å²) in [5.41, 5.74) is 7.32. The van der Waals surface area contributed by atoms with Crippen molar-refractivity contribution in [3.05, 3.63) is 22.9 Å². The fraction of sp³-hybridized carbons (Fsp3) is 0.500. The first-order valence-corrected chi connectivity index (χ1v) is 5.76. The number of amides is 1. The number of primary amides is 1. The van der Waals surface area contributed by atoms with Crippen LogP contribution >= 0.6 is 0 Å². The number of rotatable bonds is 6. The highest BCUT2D eigenvalue weighted by Gasteiger charge is 2.12. The Morgan fingerprint density at radius 1 is 1.56 bits per heavy atom. The molecule has 0 aliphatic heterocycles. The van der Waals surface area contributed by atoms with E-state index >= 15 is 0 Å². The number of aromatic nitrogens is 1. The first kappa shape index (κ1) is 14.4. The average Bonchev–Trinajstić information content (AvgIpc) is 2.32. The zero-order valence-corrected chi connectivity index (χ0v) is 10.6. The fourth-order valence-corrected chi connectivity index (χ4v) is 1.48. The molecule has 0 bridgehead atoms. The Balaban J connectivity index is 2.80. The summed E-state index contributed by atoms with van der Waals surface area (Å²) in [6, 6.07) is 1.69. The van der Waals surface area contributed by atoms with Crippen LogP contribution in [0.15, 0.2) is 6.07 Å². The molecule has 100 valence electrons. The van der Waals surface area contributed by atoms with Crippen molar-refractivity contribution in [2.45, 2.75) is 26.4 Å². The van der Waals surface area contributed by atoms with E-state index in [1.54, 1.807) is 6.07 Å². The Hall–Kier alpha value is -1.66. The van der Waals surface area contributed by atoms with Crippen molar-refractivity contribution in [1.82, 2.24) is 4.98 Å². The van der Waals surface area contributed by atoms with Crippen molar-refractivity contribution < 1.29 is 15.0 Å². The maximum Gasteiger partial charge on any atom is 0.252 e. The van der Waals surface area contributed by atoms with E-state index in [1.807, 2.05) is 13.8 Å². The number of anilines is 1. The minimum atomic E-state index is -0.777. The molecule has 0 saturated heterocycles. The molecule has 1 aromatic heterocycles. The van der Waals surface area contributed by atoms with Gasteiger partial charge in [0.15, 0.2) is 0 Å². The van der Waals surface area contributed by atoms with E-state index < -0.39 is 12.0 Å². The quantitative estimate of drug-likeness (QED) is 0.568. The van der Waals surface area contributed by atoms with Gasteiger partial charge in [-0.2, -0.15) is 0 Å². The normalized spacial score (nSPS) is 12.2. The Bertz CT molecular complexity index is 435. The highest BCUT2D eigenvalue weighted by molar-refractivity contribution is 5.97. The number of carbonyl (C=O) groups is 1. The molecule has 1 amide bonds. The number of nitrogens with zero attached hydrogens (tertiary/aromatic N) is 1. The van der Waals surface area contributed by atoms with Gasteiger partial charge in [0.1, 0.15) is 5.82 Å². The predicted molar refractivity (Wildman–Crippen MR) is 68.4 cm³/mol. The van der Waals surface area contributed by atoms with Crippen LogP contribution in [-0.4, -0.2) is 40.4 Å². The number of aliphatic hydroxyl groups excluding tert-OH is 2. The molecule has 0 aromatic carbocycles. The van der Waals surface area contributed by atoms with E-state index in [0.717, 1.165) is 11.3 Å². The molecule has 1 rings (SSSR count). The lowest BCUT2D eigenvalue weighted by molar-refractivity contribution is 0.0911. The summed E-state index contributed by atoms with van der Waals surface area (Å²) in [6.07, 6.45) is -0.412. The van der Waals surface area contributed by atoms with E-state index in [0.29, 0.717) is 24.3 Å². The summed E-state index contributed by atoms with van der Waals surface area (Å²) >= 11 is 0. The SMILES string of the molecule is Cc1cc(C(N)=O)c(NCC[C@H](O)CO)nc1C. The maximum atomic E-state index is 11.3. The predicted octanol–water partition coefficient (Wildman–Crippen LogP) is -0.0475. The fourth-order valence-electron chi connectivity index (χ4n) is 1.48. The number of aryl methyl sites for hydroxylation is 2. The lowest BCUT2D eigenvalue weighted by atomic mass is 10.1. The molecule has 0 radical (unpaired) electrons. The van der Waals surface area contributed by atoms with E-state index in [1.165, 1.54) is 0 Å². The van der Waals surface area contributed by atoms with Crippen molar-refractivity contribution in [2.75, 3.05) is 18.5 Å². The van der Waals surface area contributed by atoms with Gasteiger partial charge in [-0.3, -0.25) is 4.79 Å². The summed E-state index contributed by atoms with van der Waals surface area (Å²) in [7, 11) is 0. The summed E-state index contributed by atoms with van der Waals surface area (Å²) in [5.74, 6) is -0.133. The van der Waals surface area contributed by atoms with E-state index in [2.05, 4.69) is 10.3 Å². The van der Waals surface area contributed by atoms with Gasteiger partial charge in [-0.25, -0.2) is 4.98 Å². The van der Waals surface area contributed by atoms with Crippen molar-refractivity contribution in [2.24, 2.45) is 5.73 Å².